The number of nitrogens with one attached hydrogen (secondary N) is 1. The van der Waals surface area contributed by atoms with E-state index < -0.39 is 0 Å². The van der Waals surface area contributed by atoms with Crippen molar-refractivity contribution in [1.82, 2.24) is 15.1 Å². The molecule has 23 heavy (non-hydrogen) atoms. The summed E-state index contributed by atoms with van der Waals surface area (Å²) in [6.07, 6.45) is 3.42. The van der Waals surface area contributed by atoms with E-state index in [1.807, 2.05) is 0 Å². The summed E-state index contributed by atoms with van der Waals surface area (Å²) in [5, 5.41) is 10.1. The number of piperazine rings is 1. The fourth-order valence-electron chi connectivity index (χ4n) is 3.21. The molecule has 2 aliphatic heterocycles. The van der Waals surface area contributed by atoms with E-state index in [0.29, 0.717) is 12.0 Å². The average Bonchev–Trinajstić information content (AvgIpc) is 3.08. The van der Waals surface area contributed by atoms with E-state index in [0.717, 1.165) is 26.1 Å². The van der Waals surface area contributed by atoms with Crippen LogP contribution in [0.4, 0.5) is 0 Å². The molecule has 1 saturated carbocycles. The lowest BCUT2D eigenvalue weighted by Crippen LogP contribution is -2.48. The van der Waals surface area contributed by atoms with Crippen LogP contribution in [0.1, 0.15) is 19.3 Å². The highest BCUT2D eigenvalue weighted by Crippen LogP contribution is 2.45. The Labute approximate surface area is 138 Å². The highest BCUT2D eigenvalue weighted by molar-refractivity contribution is 5.79. The first kappa shape index (κ1) is 18.2. The van der Waals surface area contributed by atoms with Crippen LogP contribution in [0.3, 0.4) is 0 Å². The second kappa shape index (κ2) is 8.61. The van der Waals surface area contributed by atoms with Gasteiger partial charge in [0.1, 0.15) is 0 Å². The van der Waals surface area contributed by atoms with Crippen LogP contribution in [0.15, 0.2) is 0 Å². The number of nitrogens with zero attached hydrogens (tertiary/aromatic N) is 2. The highest BCUT2D eigenvalue weighted by atomic mass is 16.5. The standard InChI is InChI=1S/C15H27N3O2.CH2O2/c1-17-5-7-18(8-6-17)12-15(3-4-15)11-16-14(19)13-2-9-20-10-13;2-1-3/h13H,2-12H2,1H3,(H,16,19);1H,(H,2,3). The Morgan fingerprint density at radius 1 is 1.35 bits per heavy atom. The zero-order valence-electron chi connectivity index (χ0n) is 14.0. The van der Waals surface area contributed by atoms with E-state index in [-0.39, 0.29) is 18.3 Å². The zero-order valence-corrected chi connectivity index (χ0v) is 14.0. The maximum absolute atomic E-state index is 12.0. The SMILES string of the molecule is CN1CCN(CC2(CNC(=O)C3CCOC3)CC2)CC1.O=CO. The third-order valence-corrected chi connectivity index (χ3v) is 5.05. The second-order valence-electron chi connectivity index (χ2n) is 6.96. The summed E-state index contributed by atoms with van der Waals surface area (Å²) < 4.78 is 5.28. The largest absolute Gasteiger partial charge is 0.483 e. The van der Waals surface area contributed by atoms with Crippen LogP contribution in [0, 0.1) is 11.3 Å². The van der Waals surface area contributed by atoms with E-state index in [9.17, 15) is 4.79 Å². The van der Waals surface area contributed by atoms with Gasteiger partial charge in [-0.05, 0) is 26.3 Å². The van der Waals surface area contributed by atoms with Crippen molar-refractivity contribution in [2.24, 2.45) is 11.3 Å². The van der Waals surface area contributed by atoms with Gasteiger partial charge >= 0.3 is 0 Å². The Hall–Kier alpha value is -1.18. The first-order chi connectivity index (χ1) is 11.1. The Morgan fingerprint density at radius 3 is 2.52 bits per heavy atom. The van der Waals surface area contributed by atoms with E-state index >= 15 is 0 Å². The summed E-state index contributed by atoms with van der Waals surface area (Å²) in [6, 6.07) is 0. The predicted molar refractivity (Wildman–Crippen MR) is 86.2 cm³/mol. The molecule has 2 heterocycles. The van der Waals surface area contributed by atoms with Gasteiger partial charge in [-0.25, -0.2) is 0 Å². The molecule has 7 heteroatoms. The lowest BCUT2D eigenvalue weighted by molar-refractivity contribution is -0.125. The quantitative estimate of drug-likeness (QED) is 0.685. The summed E-state index contributed by atoms with van der Waals surface area (Å²) in [7, 11) is 2.19. The van der Waals surface area contributed by atoms with Crippen LogP contribution < -0.4 is 5.32 Å². The Balaban J connectivity index is 0.000000595. The molecule has 0 radical (unpaired) electrons. The zero-order chi connectivity index (χ0) is 16.7. The van der Waals surface area contributed by atoms with E-state index in [4.69, 9.17) is 14.6 Å². The molecule has 3 aliphatic rings. The van der Waals surface area contributed by atoms with E-state index in [2.05, 4.69) is 22.2 Å². The smallest absolute Gasteiger partial charge is 0.290 e. The van der Waals surface area contributed by atoms with Gasteiger partial charge in [0.15, 0.2) is 0 Å². The fraction of sp³-hybridized carbons (Fsp3) is 0.875. The van der Waals surface area contributed by atoms with Crippen molar-refractivity contribution in [3.63, 3.8) is 0 Å². The molecule has 1 aliphatic carbocycles. The van der Waals surface area contributed by atoms with Crippen LogP contribution >= 0.6 is 0 Å². The fourth-order valence-corrected chi connectivity index (χ4v) is 3.21. The number of rotatable bonds is 5. The van der Waals surface area contributed by atoms with Crippen molar-refractivity contribution in [2.75, 3.05) is 59.5 Å². The van der Waals surface area contributed by atoms with Crippen LogP contribution in [0.25, 0.3) is 0 Å². The predicted octanol–water partition coefficient (Wildman–Crippen LogP) is -0.132. The first-order valence-corrected chi connectivity index (χ1v) is 8.43. The minimum atomic E-state index is -0.250. The molecule has 132 valence electrons. The van der Waals surface area contributed by atoms with Gasteiger partial charge < -0.3 is 25.0 Å². The first-order valence-electron chi connectivity index (χ1n) is 8.43. The number of carbonyl (C=O) groups is 2. The number of carboxylic acid groups (broad SMARTS) is 1. The minimum absolute atomic E-state index is 0.0921. The Bertz CT molecular complexity index is 387. The average molecular weight is 327 g/mol. The molecule has 0 aromatic heterocycles. The van der Waals surface area contributed by atoms with Crippen LogP contribution in [0.5, 0.6) is 0 Å². The number of ether oxygens (including phenoxy) is 1. The normalized spacial score (nSPS) is 26.9. The number of hydrogen-bond donors (Lipinski definition) is 2. The van der Waals surface area contributed by atoms with E-state index in [1.165, 1.54) is 39.0 Å². The molecule has 3 rings (SSSR count). The summed E-state index contributed by atoms with van der Waals surface area (Å²) in [4.78, 5) is 25.4. The Kier molecular flexibility index (Phi) is 6.80. The van der Waals surface area contributed by atoms with Crippen LogP contribution in [-0.4, -0.2) is 86.8 Å². The minimum Gasteiger partial charge on any atom is -0.483 e. The third kappa shape index (κ3) is 5.75. The lowest BCUT2D eigenvalue weighted by Gasteiger charge is -2.35. The maximum atomic E-state index is 12.0. The number of hydrogen-bond acceptors (Lipinski definition) is 5. The van der Waals surface area contributed by atoms with Gasteiger partial charge in [0.2, 0.25) is 5.91 Å². The molecule has 0 bridgehead atoms. The van der Waals surface area contributed by atoms with Gasteiger partial charge in [-0.15, -0.1) is 0 Å². The molecule has 3 fully saturated rings. The number of likely N-dealkylation sites (N-methyl/N-ethyl adjacent to an activating group) is 1. The number of carbonyl (C=O) groups excluding carboxylic acids is 1. The molecule has 1 unspecified atom stereocenters. The molecular weight excluding hydrogens is 298 g/mol. The van der Waals surface area contributed by atoms with Crippen molar-refractivity contribution in [1.29, 1.82) is 0 Å². The second-order valence-corrected chi connectivity index (χ2v) is 6.96. The van der Waals surface area contributed by atoms with Gasteiger partial charge in [-0.1, -0.05) is 0 Å². The van der Waals surface area contributed by atoms with E-state index in [1.54, 1.807) is 0 Å². The number of amides is 1. The van der Waals surface area contributed by atoms with Crippen molar-refractivity contribution in [2.45, 2.75) is 19.3 Å². The molecule has 0 aromatic carbocycles. The van der Waals surface area contributed by atoms with Crippen molar-refractivity contribution in [3.05, 3.63) is 0 Å². The van der Waals surface area contributed by atoms with Gasteiger partial charge in [0.25, 0.3) is 6.47 Å². The molecule has 7 nitrogen and oxygen atoms in total. The maximum Gasteiger partial charge on any atom is 0.290 e. The molecule has 1 amide bonds. The lowest BCUT2D eigenvalue weighted by atomic mass is 10.0. The van der Waals surface area contributed by atoms with Crippen molar-refractivity contribution >= 4 is 12.4 Å². The van der Waals surface area contributed by atoms with Gasteiger partial charge in [-0.2, -0.15) is 0 Å². The van der Waals surface area contributed by atoms with Crippen molar-refractivity contribution in [3.8, 4) is 0 Å². The molecule has 0 spiro atoms. The Morgan fingerprint density at radius 2 is 2.00 bits per heavy atom. The summed E-state index contributed by atoms with van der Waals surface area (Å²) in [6.45, 7) is 7.79. The van der Waals surface area contributed by atoms with Crippen LogP contribution in [0.2, 0.25) is 0 Å². The molecule has 1 atom stereocenters. The van der Waals surface area contributed by atoms with Gasteiger partial charge in [-0.3, -0.25) is 9.59 Å². The highest BCUT2D eigenvalue weighted by Gasteiger charge is 2.44. The third-order valence-electron chi connectivity index (χ3n) is 5.05. The topological polar surface area (TPSA) is 82.1 Å². The molecule has 2 saturated heterocycles. The van der Waals surface area contributed by atoms with Crippen LogP contribution in [-0.2, 0) is 14.3 Å². The molecule has 2 N–H and O–H groups in total. The monoisotopic (exact) mass is 327 g/mol. The van der Waals surface area contributed by atoms with Crippen molar-refractivity contribution < 1.29 is 19.4 Å². The summed E-state index contributed by atoms with van der Waals surface area (Å²) >= 11 is 0. The summed E-state index contributed by atoms with van der Waals surface area (Å²) in [5.41, 5.74) is 0.366. The van der Waals surface area contributed by atoms with Gasteiger partial charge in [0, 0.05) is 51.3 Å². The molecule has 0 aromatic rings. The van der Waals surface area contributed by atoms with Gasteiger partial charge in [0.05, 0.1) is 12.5 Å². The molecular formula is C16H29N3O4. The summed E-state index contributed by atoms with van der Waals surface area (Å²) in [5.74, 6) is 0.293.